The van der Waals surface area contributed by atoms with Crippen LogP contribution in [0.1, 0.15) is 0 Å². The second-order valence-electron chi connectivity index (χ2n) is 3.74. The smallest absolute Gasteiger partial charge is 0.122 e. The summed E-state index contributed by atoms with van der Waals surface area (Å²) in [6.45, 7) is 0. The number of nitrogens with two attached hydrogens (primary N) is 1. The zero-order valence-corrected chi connectivity index (χ0v) is 13.4. The van der Waals surface area contributed by atoms with E-state index in [0.29, 0.717) is 5.69 Å². The Balaban J connectivity index is 2.33. The van der Waals surface area contributed by atoms with E-state index < -0.39 is 0 Å². The molecular formula is C13H12BrIN2O. The first-order valence-electron chi connectivity index (χ1n) is 5.25. The predicted octanol–water partition coefficient (Wildman–Crippen LogP) is 4.39. The quantitative estimate of drug-likeness (QED) is 0.574. The van der Waals surface area contributed by atoms with Gasteiger partial charge >= 0.3 is 0 Å². The molecule has 0 spiro atoms. The van der Waals surface area contributed by atoms with Crippen molar-refractivity contribution in [3.63, 3.8) is 0 Å². The fraction of sp³-hybridized carbons (Fsp3) is 0.0769. The fourth-order valence-electron chi connectivity index (χ4n) is 1.56. The number of rotatable bonds is 3. The van der Waals surface area contributed by atoms with Crippen molar-refractivity contribution in [2.24, 2.45) is 0 Å². The van der Waals surface area contributed by atoms with Crippen molar-refractivity contribution in [1.29, 1.82) is 0 Å². The van der Waals surface area contributed by atoms with E-state index in [0.717, 1.165) is 25.2 Å². The van der Waals surface area contributed by atoms with Crippen molar-refractivity contribution in [2.45, 2.75) is 0 Å². The van der Waals surface area contributed by atoms with Gasteiger partial charge in [-0.05, 0) is 46.9 Å². The van der Waals surface area contributed by atoms with E-state index in [1.165, 1.54) is 0 Å². The maximum atomic E-state index is 5.83. The molecular weight excluding hydrogens is 407 g/mol. The van der Waals surface area contributed by atoms with Gasteiger partial charge in [-0.3, -0.25) is 0 Å². The monoisotopic (exact) mass is 418 g/mol. The molecule has 0 aromatic heterocycles. The molecule has 0 amide bonds. The number of methoxy groups -OCH3 is 1. The molecule has 0 saturated carbocycles. The number of nitrogens with one attached hydrogen (secondary N) is 1. The van der Waals surface area contributed by atoms with Crippen LogP contribution in [0.2, 0.25) is 0 Å². The molecule has 0 unspecified atom stereocenters. The first-order chi connectivity index (χ1) is 8.58. The predicted molar refractivity (Wildman–Crippen MR) is 87.5 cm³/mol. The Morgan fingerprint density at radius 1 is 1.22 bits per heavy atom. The molecule has 0 atom stereocenters. The molecule has 0 heterocycles. The van der Waals surface area contributed by atoms with Crippen molar-refractivity contribution in [3.8, 4) is 5.75 Å². The molecule has 18 heavy (non-hydrogen) atoms. The van der Waals surface area contributed by atoms with Crippen molar-refractivity contribution in [3.05, 3.63) is 44.4 Å². The first-order valence-corrected chi connectivity index (χ1v) is 7.12. The zero-order valence-electron chi connectivity index (χ0n) is 9.71. The van der Waals surface area contributed by atoms with Crippen molar-refractivity contribution in [2.75, 3.05) is 18.2 Å². The van der Waals surface area contributed by atoms with Crippen LogP contribution < -0.4 is 15.8 Å². The fourth-order valence-corrected chi connectivity index (χ4v) is 2.39. The van der Waals surface area contributed by atoms with Crippen LogP contribution in [0.4, 0.5) is 17.1 Å². The number of benzene rings is 2. The lowest BCUT2D eigenvalue weighted by Crippen LogP contribution is -1.96. The van der Waals surface area contributed by atoms with Crippen molar-refractivity contribution < 1.29 is 4.74 Å². The van der Waals surface area contributed by atoms with Crippen LogP contribution in [-0.4, -0.2) is 7.11 Å². The number of anilines is 3. The van der Waals surface area contributed by atoms with Crippen molar-refractivity contribution >= 4 is 55.6 Å². The van der Waals surface area contributed by atoms with E-state index in [9.17, 15) is 0 Å². The van der Waals surface area contributed by atoms with Crippen LogP contribution in [0.5, 0.6) is 5.75 Å². The Morgan fingerprint density at radius 2 is 2.00 bits per heavy atom. The number of hydrogen-bond acceptors (Lipinski definition) is 3. The molecule has 2 aromatic rings. The minimum absolute atomic E-state index is 0.668. The summed E-state index contributed by atoms with van der Waals surface area (Å²) in [5, 5.41) is 3.33. The number of halogens is 2. The summed E-state index contributed by atoms with van der Waals surface area (Å²) in [5.74, 6) is 0.738. The van der Waals surface area contributed by atoms with Crippen LogP contribution >= 0.6 is 38.5 Å². The first kappa shape index (κ1) is 13.5. The van der Waals surface area contributed by atoms with Crippen LogP contribution in [0.15, 0.2) is 40.9 Å². The highest BCUT2D eigenvalue weighted by atomic mass is 127. The number of ether oxygens (including phenoxy) is 1. The van der Waals surface area contributed by atoms with Crippen LogP contribution in [0.25, 0.3) is 0 Å². The lowest BCUT2D eigenvalue weighted by atomic mass is 10.2. The van der Waals surface area contributed by atoms with E-state index in [4.69, 9.17) is 10.5 Å². The third-order valence-electron chi connectivity index (χ3n) is 2.37. The largest absolute Gasteiger partial charge is 0.497 e. The Kier molecular flexibility index (Phi) is 4.34. The molecule has 0 fully saturated rings. The van der Waals surface area contributed by atoms with Crippen LogP contribution in [0.3, 0.4) is 0 Å². The molecule has 0 radical (unpaired) electrons. The molecule has 0 aliphatic heterocycles. The normalized spacial score (nSPS) is 10.2. The van der Waals surface area contributed by atoms with Gasteiger partial charge in [0.1, 0.15) is 5.75 Å². The maximum Gasteiger partial charge on any atom is 0.122 e. The third-order valence-corrected chi connectivity index (χ3v) is 3.81. The standard InChI is InChI=1S/C13H12BrIN2O/c1-18-11-6-9(16)5-10(7-11)17-13-4-8(14)2-3-12(13)15/h2-7,17H,16H2,1H3. The number of nitrogen functional groups attached to an aromatic ring is 1. The molecule has 2 rings (SSSR count). The average molecular weight is 419 g/mol. The molecule has 0 bridgehead atoms. The molecule has 5 heteroatoms. The lowest BCUT2D eigenvalue weighted by molar-refractivity contribution is 0.415. The van der Waals surface area contributed by atoms with Gasteiger partial charge in [0.2, 0.25) is 0 Å². The van der Waals surface area contributed by atoms with E-state index in [1.807, 2.05) is 30.3 Å². The van der Waals surface area contributed by atoms with Crippen molar-refractivity contribution in [1.82, 2.24) is 0 Å². The van der Waals surface area contributed by atoms with E-state index >= 15 is 0 Å². The van der Waals surface area contributed by atoms with Crippen LogP contribution in [-0.2, 0) is 0 Å². The van der Waals surface area contributed by atoms with Gasteiger partial charge in [-0.2, -0.15) is 0 Å². The molecule has 0 aliphatic carbocycles. The summed E-state index contributed by atoms with van der Waals surface area (Å²) in [7, 11) is 1.63. The summed E-state index contributed by atoms with van der Waals surface area (Å²) < 4.78 is 7.36. The topological polar surface area (TPSA) is 47.3 Å². The molecule has 3 N–H and O–H groups in total. The second kappa shape index (κ2) is 5.79. The number of hydrogen-bond donors (Lipinski definition) is 2. The van der Waals surface area contributed by atoms with Crippen LogP contribution in [0, 0.1) is 3.57 Å². The van der Waals surface area contributed by atoms with Gasteiger partial charge in [0.05, 0.1) is 12.8 Å². The maximum absolute atomic E-state index is 5.83. The Hall–Kier alpha value is -0.950. The minimum atomic E-state index is 0.668. The highest BCUT2D eigenvalue weighted by Crippen LogP contribution is 2.29. The van der Waals surface area contributed by atoms with Gasteiger partial charge in [-0.1, -0.05) is 15.9 Å². The lowest BCUT2D eigenvalue weighted by Gasteiger charge is -2.11. The van der Waals surface area contributed by atoms with Gasteiger partial charge in [-0.25, -0.2) is 0 Å². The Morgan fingerprint density at radius 3 is 2.72 bits per heavy atom. The summed E-state index contributed by atoms with van der Waals surface area (Å²) >= 11 is 5.74. The molecule has 0 saturated heterocycles. The summed E-state index contributed by atoms with van der Waals surface area (Å²) in [5.41, 5.74) is 8.42. The molecule has 94 valence electrons. The Bertz CT molecular complexity index is 575. The van der Waals surface area contributed by atoms with Gasteiger partial charge in [0, 0.05) is 31.6 Å². The summed E-state index contributed by atoms with van der Waals surface area (Å²) in [4.78, 5) is 0. The average Bonchev–Trinajstić information content (AvgIpc) is 2.33. The third kappa shape index (κ3) is 3.29. The van der Waals surface area contributed by atoms with E-state index in [2.05, 4.69) is 43.8 Å². The highest BCUT2D eigenvalue weighted by Gasteiger charge is 2.03. The second-order valence-corrected chi connectivity index (χ2v) is 5.82. The molecule has 0 aliphatic rings. The van der Waals surface area contributed by atoms with Gasteiger partial charge in [0.15, 0.2) is 0 Å². The zero-order chi connectivity index (χ0) is 13.1. The summed E-state index contributed by atoms with van der Waals surface area (Å²) in [6.07, 6.45) is 0. The minimum Gasteiger partial charge on any atom is -0.497 e. The summed E-state index contributed by atoms with van der Waals surface area (Å²) in [6, 6.07) is 11.6. The van der Waals surface area contributed by atoms with Gasteiger partial charge in [-0.15, -0.1) is 0 Å². The van der Waals surface area contributed by atoms with Gasteiger partial charge in [0.25, 0.3) is 0 Å². The molecule has 2 aromatic carbocycles. The highest BCUT2D eigenvalue weighted by molar-refractivity contribution is 14.1. The Labute approximate surface area is 128 Å². The van der Waals surface area contributed by atoms with E-state index in [-0.39, 0.29) is 0 Å². The van der Waals surface area contributed by atoms with E-state index in [1.54, 1.807) is 13.2 Å². The SMILES string of the molecule is COc1cc(N)cc(Nc2cc(Br)ccc2I)c1. The van der Waals surface area contributed by atoms with Gasteiger partial charge < -0.3 is 15.8 Å². The molecule has 3 nitrogen and oxygen atoms in total.